The number of carbonyl (C=O) groups is 1. The first-order valence-electron chi connectivity index (χ1n) is 10.6. The highest BCUT2D eigenvalue weighted by atomic mass is 35.5. The van der Waals surface area contributed by atoms with Gasteiger partial charge in [-0.2, -0.15) is 0 Å². The van der Waals surface area contributed by atoms with Crippen LogP contribution in [0.1, 0.15) is 53.0 Å². The Balaban J connectivity index is 1.80. The Morgan fingerprint density at radius 1 is 1.06 bits per heavy atom. The van der Waals surface area contributed by atoms with E-state index < -0.39 is 22.1 Å². The molecule has 0 aliphatic carbocycles. The molecule has 2 aromatic carbocycles. The van der Waals surface area contributed by atoms with Gasteiger partial charge in [-0.05, 0) is 53.4 Å². The molecule has 7 nitrogen and oxygen atoms in total. The molecule has 0 aliphatic heterocycles. The van der Waals surface area contributed by atoms with Gasteiger partial charge in [0.25, 0.3) is 10.0 Å². The van der Waals surface area contributed by atoms with E-state index >= 15 is 0 Å². The molecule has 0 amide bonds. The average Bonchev–Trinajstić information content (AvgIpc) is 3.19. The van der Waals surface area contributed by atoms with Crippen molar-refractivity contribution in [1.82, 2.24) is 8.96 Å². The zero-order valence-corrected chi connectivity index (χ0v) is 20.1. The van der Waals surface area contributed by atoms with Crippen LogP contribution in [0.25, 0.3) is 11.0 Å². The van der Waals surface area contributed by atoms with Crippen LogP contribution in [0.15, 0.2) is 71.8 Å². The van der Waals surface area contributed by atoms with E-state index in [4.69, 9.17) is 16.7 Å². The zero-order chi connectivity index (χ0) is 24.6. The normalized spacial score (nSPS) is 12.9. The molecule has 9 heteroatoms. The van der Waals surface area contributed by atoms with Crippen molar-refractivity contribution in [3.63, 3.8) is 0 Å². The van der Waals surface area contributed by atoms with Crippen LogP contribution in [0.2, 0.25) is 5.02 Å². The highest BCUT2D eigenvalue weighted by Gasteiger charge is 2.27. The molecule has 0 saturated heterocycles. The minimum atomic E-state index is -4.09. The lowest BCUT2D eigenvalue weighted by atomic mass is 10.0. The van der Waals surface area contributed by atoms with Crippen LogP contribution in [0.3, 0.4) is 0 Å². The number of halogens is 1. The maximum Gasteiger partial charge on any atom is 0.335 e. The summed E-state index contributed by atoms with van der Waals surface area (Å²) in [5.41, 5.74) is 2.08. The van der Waals surface area contributed by atoms with Gasteiger partial charge >= 0.3 is 5.97 Å². The maximum atomic E-state index is 13.7. The first-order valence-corrected chi connectivity index (χ1v) is 12.4. The monoisotopic (exact) mass is 498 g/mol. The van der Waals surface area contributed by atoms with Gasteiger partial charge in [0, 0.05) is 18.0 Å². The molecule has 34 heavy (non-hydrogen) atoms. The first-order chi connectivity index (χ1) is 16.1. The van der Waals surface area contributed by atoms with Crippen molar-refractivity contribution >= 4 is 38.6 Å². The number of pyridine rings is 1. The number of hydrogen-bond acceptors (Lipinski definition) is 5. The van der Waals surface area contributed by atoms with Crippen molar-refractivity contribution in [2.45, 2.75) is 37.2 Å². The van der Waals surface area contributed by atoms with Gasteiger partial charge in [0.2, 0.25) is 0 Å². The third-order valence-corrected chi connectivity index (χ3v) is 7.59. The van der Waals surface area contributed by atoms with Crippen molar-refractivity contribution in [3.8, 4) is 0 Å². The number of fused-ring (bicyclic) bond motifs is 1. The minimum absolute atomic E-state index is 0.0745. The SMILES string of the molecule is CC(C)c1ccc(S(=O)(=O)n2c(C(O)Cc3ccc(C(=O)O)cc3)cc3cc(Cl)cnc32)cc1. The number of benzene rings is 2. The molecule has 0 saturated carbocycles. The van der Waals surface area contributed by atoms with E-state index in [0.29, 0.717) is 16.0 Å². The number of carboxylic acid groups (broad SMARTS) is 1. The van der Waals surface area contributed by atoms with E-state index in [2.05, 4.69) is 4.98 Å². The van der Waals surface area contributed by atoms with Gasteiger partial charge in [-0.3, -0.25) is 0 Å². The molecule has 1 atom stereocenters. The second kappa shape index (κ2) is 9.21. The Morgan fingerprint density at radius 2 is 1.71 bits per heavy atom. The van der Waals surface area contributed by atoms with Gasteiger partial charge in [0.05, 0.1) is 27.3 Å². The third-order valence-electron chi connectivity index (χ3n) is 5.65. The van der Waals surface area contributed by atoms with Crippen molar-refractivity contribution in [3.05, 3.63) is 94.3 Å². The van der Waals surface area contributed by atoms with Crippen LogP contribution >= 0.6 is 11.6 Å². The molecule has 0 aliphatic rings. The largest absolute Gasteiger partial charge is 0.478 e. The molecular weight excluding hydrogens is 476 g/mol. The molecule has 0 fully saturated rings. The minimum Gasteiger partial charge on any atom is -0.478 e. The lowest BCUT2D eigenvalue weighted by molar-refractivity contribution is 0.0697. The molecule has 2 aromatic heterocycles. The molecule has 0 spiro atoms. The lowest BCUT2D eigenvalue weighted by Crippen LogP contribution is -2.19. The van der Waals surface area contributed by atoms with Crippen molar-refractivity contribution in [2.24, 2.45) is 0 Å². The van der Waals surface area contributed by atoms with Crippen LogP contribution in [0.4, 0.5) is 0 Å². The summed E-state index contributed by atoms with van der Waals surface area (Å²) in [6.07, 6.45) is 0.234. The van der Waals surface area contributed by atoms with E-state index in [-0.39, 0.29) is 34.1 Å². The van der Waals surface area contributed by atoms with Crippen molar-refractivity contribution < 1.29 is 23.4 Å². The van der Waals surface area contributed by atoms with Crippen molar-refractivity contribution in [2.75, 3.05) is 0 Å². The van der Waals surface area contributed by atoms with Gasteiger partial charge in [-0.25, -0.2) is 22.2 Å². The van der Waals surface area contributed by atoms with E-state index in [0.717, 1.165) is 9.54 Å². The number of hydrogen-bond donors (Lipinski definition) is 2. The molecule has 176 valence electrons. The summed E-state index contributed by atoms with van der Waals surface area (Å²) in [5.74, 6) is -0.803. The maximum absolute atomic E-state index is 13.7. The van der Waals surface area contributed by atoms with Crippen LogP contribution in [0, 0.1) is 0 Å². The first kappa shape index (κ1) is 23.9. The molecule has 4 aromatic rings. The molecule has 4 rings (SSSR count). The summed E-state index contributed by atoms with van der Waals surface area (Å²) < 4.78 is 28.4. The fourth-order valence-corrected chi connectivity index (χ4v) is 5.48. The highest BCUT2D eigenvalue weighted by Crippen LogP contribution is 2.31. The second-order valence-corrected chi connectivity index (χ2v) is 10.6. The van der Waals surface area contributed by atoms with Crippen LogP contribution in [-0.4, -0.2) is 33.6 Å². The quantitative estimate of drug-likeness (QED) is 0.370. The van der Waals surface area contributed by atoms with Gasteiger partial charge in [0.15, 0.2) is 5.65 Å². The predicted octanol–water partition coefficient (Wildman–Crippen LogP) is 5.02. The molecule has 2 heterocycles. The molecule has 1 unspecified atom stereocenters. The zero-order valence-electron chi connectivity index (χ0n) is 18.5. The lowest BCUT2D eigenvalue weighted by Gasteiger charge is -2.16. The smallest absolute Gasteiger partial charge is 0.335 e. The van der Waals surface area contributed by atoms with Gasteiger partial charge in [0.1, 0.15) is 0 Å². The Morgan fingerprint density at radius 3 is 2.29 bits per heavy atom. The van der Waals surface area contributed by atoms with E-state index in [9.17, 15) is 18.3 Å². The highest BCUT2D eigenvalue weighted by molar-refractivity contribution is 7.90. The third kappa shape index (κ3) is 4.57. The second-order valence-electron chi connectivity index (χ2n) is 8.35. The summed E-state index contributed by atoms with van der Waals surface area (Å²) >= 11 is 6.08. The Bertz CT molecular complexity index is 1460. The number of carboxylic acids is 1. The Labute approximate surface area is 202 Å². The van der Waals surface area contributed by atoms with E-state index in [1.165, 1.54) is 18.3 Å². The number of nitrogens with zero attached hydrogens (tertiary/aromatic N) is 2. The summed E-state index contributed by atoms with van der Waals surface area (Å²) in [4.78, 5) is 15.4. The number of aromatic nitrogens is 2. The van der Waals surface area contributed by atoms with Crippen LogP contribution in [0.5, 0.6) is 0 Å². The average molecular weight is 499 g/mol. The fourth-order valence-electron chi connectivity index (χ4n) is 3.79. The Kier molecular flexibility index (Phi) is 6.49. The van der Waals surface area contributed by atoms with E-state index in [1.54, 1.807) is 48.5 Å². The number of aliphatic hydroxyl groups is 1. The van der Waals surface area contributed by atoms with Gasteiger partial charge in [-0.15, -0.1) is 0 Å². The number of rotatable bonds is 7. The van der Waals surface area contributed by atoms with Crippen LogP contribution < -0.4 is 0 Å². The summed E-state index contributed by atoms with van der Waals surface area (Å²) in [5, 5.41) is 21.0. The van der Waals surface area contributed by atoms with Gasteiger partial charge in [-0.1, -0.05) is 49.7 Å². The Hall–Kier alpha value is -3.20. The fraction of sp³-hybridized carbons (Fsp3) is 0.200. The summed E-state index contributed by atoms with van der Waals surface area (Å²) in [7, 11) is -4.09. The van der Waals surface area contributed by atoms with E-state index in [1.807, 2.05) is 13.8 Å². The number of aliphatic hydroxyl groups excluding tert-OH is 1. The molecular formula is C25H23ClN2O5S. The van der Waals surface area contributed by atoms with Crippen LogP contribution in [-0.2, 0) is 16.4 Å². The molecule has 2 N–H and O–H groups in total. The standard InChI is InChI=1S/C25H23ClN2O5S/c1-15(2)17-7-9-21(10-8-17)34(32,33)28-22(13-19-12-20(26)14-27-24(19)28)23(29)11-16-3-5-18(6-4-16)25(30)31/h3-10,12-15,23,29H,11H2,1-2H3,(H,30,31). The summed E-state index contributed by atoms with van der Waals surface area (Å²) in [6, 6.07) is 15.9. The van der Waals surface area contributed by atoms with Gasteiger partial charge < -0.3 is 10.2 Å². The topological polar surface area (TPSA) is 109 Å². The molecule has 0 radical (unpaired) electrons. The summed E-state index contributed by atoms with van der Waals surface area (Å²) in [6.45, 7) is 4.04. The predicted molar refractivity (Wildman–Crippen MR) is 130 cm³/mol. The number of aromatic carboxylic acids is 1. The van der Waals surface area contributed by atoms with Crippen molar-refractivity contribution in [1.29, 1.82) is 0 Å². The molecule has 0 bridgehead atoms.